The quantitative estimate of drug-likeness (QED) is 0.903. The Hall–Kier alpha value is -1.72. The van der Waals surface area contributed by atoms with E-state index in [0.717, 1.165) is 15.7 Å². The molecule has 0 radical (unpaired) electrons. The standard InChI is InChI=1S/C15H15BrN2O2/c1-10-8-12(16)2-3-14(10)18-15(20)11-4-6-17-13(9-11)5-7-19/h2-4,6,8-9,19H,5,7H2,1H3,(H,18,20). The fraction of sp³-hybridized carbons (Fsp3) is 0.200. The van der Waals surface area contributed by atoms with E-state index in [-0.39, 0.29) is 12.5 Å². The number of hydrogen-bond donors (Lipinski definition) is 2. The number of anilines is 1. The molecule has 2 aromatic rings. The maximum atomic E-state index is 12.2. The number of pyridine rings is 1. The fourth-order valence-corrected chi connectivity index (χ4v) is 2.31. The first-order valence-electron chi connectivity index (χ1n) is 6.23. The van der Waals surface area contributed by atoms with Crippen molar-refractivity contribution in [2.75, 3.05) is 11.9 Å². The number of carbonyl (C=O) groups excluding carboxylic acids is 1. The lowest BCUT2D eigenvalue weighted by Crippen LogP contribution is -2.13. The van der Waals surface area contributed by atoms with Crippen molar-refractivity contribution in [3.8, 4) is 0 Å². The Balaban J connectivity index is 2.17. The Morgan fingerprint density at radius 1 is 1.35 bits per heavy atom. The van der Waals surface area contributed by atoms with Crippen LogP contribution < -0.4 is 5.32 Å². The lowest BCUT2D eigenvalue weighted by atomic mass is 10.1. The van der Waals surface area contributed by atoms with Crippen molar-refractivity contribution < 1.29 is 9.90 Å². The molecule has 0 fully saturated rings. The molecule has 0 aliphatic rings. The normalized spacial score (nSPS) is 10.3. The van der Waals surface area contributed by atoms with Crippen molar-refractivity contribution in [2.45, 2.75) is 13.3 Å². The van der Waals surface area contributed by atoms with Gasteiger partial charge in [-0.05, 0) is 42.8 Å². The third-order valence-corrected chi connectivity index (χ3v) is 3.38. The molecule has 0 unspecified atom stereocenters. The molecule has 0 spiro atoms. The van der Waals surface area contributed by atoms with Crippen LogP contribution in [0, 0.1) is 6.92 Å². The van der Waals surface area contributed by atoms with Gasteiger partial charge < -0.3 is 10.4 Å². The molecule has 0 aliphatic carbocycles. The van der Waals surface area contributed by atoms with Crippen molar-refractivity contribution in [3.05, 3.63) is 57.8 Å². The Morgan fingerprint density at radius 2 is 2.15 bits per heavy atom. The van der Waals surface area contributed by atoms with E-state index >= 15 is 0 Å². The zero-order valence-electron chi connectivity index (χ0n) is 11.1. The van der Waals surface area contributed by atoms with Gasteiger partial charge in [0.05, 0.1) is 0 Å². The summed E-state index contributed by atoms with van der Waals surface area (Å²) in [4.78, 5) is 16.3. The molecule has 1 heterocycles. The first-order chi connectivity index (χ1) is 9.60. The molecule has 0 aliphatic heterocycles. The van der Waals surface area contributed by atoms with Gasteiger partial charge in [-0.3, -0.25) is 9.78 Å². The van der Waals surface area contributed by atoms with Gasteiger partial charge in [0.2, 0.25) is 0 Å². The van der Waals surface area contributed by atoms with Crippen molar-refractivity contribution in [2.24, 2.45) is 0 Å². The molecule has 1 aromatic heterocycles. The molecule has 5 heteroatoms. The van der Waals surface area contributed by atoms with Crippen LogP contribution in [-0.4, -0.2) is 22.6 Å². The minimum atomic E-state index is -0.183. The van der Waals surface area contributed by atoms with Crippen LogP contribution >= 0.6 is 15.9 Å². The number of halogens is 1. The Kier molecular flexibility index (Phi) is 4.87. The minimum Gasteiger partial charge on any atom is -0.396 e. The first-order valence-corrected chi connectivity index (χ1v) is 7.03. The summed E-state index contributed by atoms with van der Waals surface area (Å²) >= 11 is 3.39. The topological polar surface area (TPSA) is 62.2 Å². The van der Waals surface area contributed by atoms with Gasteiger partial charge >= 0.3 is 0 Å². The fourth-order valence-electron chi connectivity index (χ4n) is 1.83. The highest BCUT2D eigenvalue weighted by molar-refractivity contribution is 9.10. The number of carbonyl (C=O) groups is 1. The van der Waals surface area contributed by atoms with Crippen molar-refractivity contribution >= 4 is 27.5 Å². The summed E-state index contributed by atoms with van der Waals surface area (Å²) in [6.07, 6.45) is 2.02. The number of nitrogens with one attached hydrogen (secondary N) is 1. The molecule has 1 aromatic carbocycles. The van der Waals surface area contributed by atoms with Crippen LogP contribution in [-0.2, 0) is 6.42 Å². The number of aromatic nitrogens is 1. The Bertz CT molecular complexity index is 629. The van der Waals surface area contributed by atoms with Gasteiger partial charge in [0.15, 0.2) is 0 Å². The van der Waals surface area contributed by atoms with Gasteiger partial charge in [-0.1, -0.05) is 15.9 Å². The highest BCUT2D eigenvalue weighted by Gasteiger charge is 2.09. The number of nitrogens with zero attached hydrogens (tertiary/aromatic N) is 1. The molecule has 0 bridgehead atoms. The second-order valence-corrected chi connectivity index (χ2v) is 5.34. The van der Waals surface area contributed by atoms with E-state index < -0.39 is 0 Å². The predicted octanol–water partition coefficient (Wildman–Crippen LogP) is 2.94. The number of aliphatic hydroxyl groups is 1. The Labute approximate surface area is 126 Å². The van der Waals surface area contributed by atoms with E-state index in [1.807, 2.05) is 25.1 Å². The van der Waals surface area contributed by atoms with Crippen molar-refractivity contribution in [1.82, 2.24) is 4.98 Å². The summed E-state index contributed by atoms with van der Waals surface area (Å²) in [5, 5.41) is 11.8. The molecule has 2 rings (SSSR count). The summed E-state index contributed by atoms with van der Waals surface area (Å²) in [6.45, 7) is 1.95. The average Bonchev–Trinajstić information content (AvgIpc) is 2.42. The van der Waals surface area contributed by atoms with Gasteiger partial charge in [0.25, 0.3) is 5.91 Å². The molecular formula is C15H15BrN2O2. The molecule has 4 nitrogen and oxygen atoms in total. The number of hydrogen-bond acceptors (Lipinski definition) is 3. The van der Waals surface area contributed by atoms with Crippen LogP contribution in [0.3, 0.4) is 0 Å². The third kappa shape index (κ3) is 3.65. The lowest BCUT2D eigenvalue weighted by Gasteiger charge is -2.09. The number of aryl methyl sites for hydroxylation is 1. The van der Waals surface area contributed by atoms with Gasteiger partial charge in [-0.25, -0.2) is 0 Å². The van der Waals surface area contributed by atoms with Gasteiger partial charge in [0.1, 0.15) is 0 Å². The predicted molar refractivity (Wildman–Crippen MR) is 81.9 cm³/mol. The maximum Gasteiger partial charge on any atom is 0.255 e. The van der Waals surface area contributed by atoms with E-state index in [2.05, 4.69) is 26.2 Å². The zero-order chi connectivity index (χ0) is 14.5. The summed E-state index contributed by atoms with van der Waals surface area (Å²) in [5.41, 5.74) is 2.99. The molecule has 0 saturated carbocycles. The summed E-state index contributed by atoms with van der Waals surface area (Å²) in [5.74, 6) is -0.183. The van der Waals surface area contributed by atoms with Gasteiger partial charge in [-0.2, -0.15) is 0 Å². The average molecular weight is 335 g/mol. The van der Waals surface area contributed by atoms with Crippen LogP contribution in [0.25, 0.3) is 0 Å². The monoisotopic (exact) mass is 334 g/mol. The van der Waals surface area contributed by atoms with Crippen molar-refractivity contribution in [1.29, 1.82) is 0 Å². The van der Waals surface area contributed by atoms with Crippen LogP contribution in [0.2, 0.25) is 0 Å². The van der Waals surface area contributed by atoms with Gasteiger partial charge in [-0.15, -0.1) is 0 Å². The van der Waals surface area contributed by atoms with Crippen LogP contribution in [0.1, 0.15) is 21.6 Å². The number of amides is 1. The van der Waals surface area contributed by atoms with Crippen LogP contribution in [0.4, 0.5) is 5.69 Å². The highest BCUT2D eigenvalue weighted by atomic mass is 79.9. The molecule has 0 saturated heterocycles. The number of benzene rings is 1. The molecule has 2 N–H and O–H groups in total. The second kappa shape index (κ2) is 6.63. The second-order valence-electron chi connectivity index (χ2n) is 4.42. The number of aliphatic hydroxyl groups excluding tert-OH is 1. The minimum absolute atomic E-state index is 0.0178. The Morgan fingerprint density at radius 3 is 2.85 bits per heavy atom. The summed E-state index contributed by atoms with van der Waals surface area (Å²) < 4.78 is 0.974. The summed E-state index contributed by atoms with van der Waals surface area (Å²) in [6, 6.07) is 9.03. The smallest absolute Gasteiger partial charge is 0.255 e. The van der Waals surface area contributed by atoms with Crippen LogP contribution in [0.5, 0.6) is 0 Å². The largest absolute Gasteiger partial charge is 0.396 e. The first kappa shape index (κ1) is 14.7. The summed E-state index contributed by atoms with van der Waals surface area (Å²) in [7, 11) is 0. The SMILES string of the molecule is Cc1cc(Br)ccc1NC(=O)c1ccnc(CCO)c1. The van der Waals surface area contributed by atoms with E-state index in [4.69, 9.17) is 5.11 Å². The third-order valence-electron chi connectivity index (χ3n) is 2.88. The lowest BCUT2D eigenvalue weighted by molar-refractivity contribution is 0.102. The molecule has 104 valence electrons. The maximum absolute atomic E-state index is 12.2. The molecule has 1 amide bonds. The number of rotatable bonds is 4. The van der Waals surface area contributed by atoms with E-state index in [1.165, 1.54) is 0 Å². The molecule has 20 heavy (non-hydrogen) atoms. The van der Waals surface area contributed by atoms with Crippen LogP contribution in [0.15, 0.2) is 41.0 Å². The zero-order valence-corrected chi connectivity index (χ0v) is 12.6. The highest BCUT2D eigenvalue weighted by Crippen LogP contribution is 2.20. The van der Waals surface area contributed by atoms with Crippen molar-refractivity contribution in [3.63, 3.8) is 0 Å². The molecular weight excluding hydrogens is 320 g/mol. The molecule has 0 atom stereocenters. The van der Waals surface area contributed by atoms with Gasteiger partial charge in [0, 0.05) is 40.6 Å². The van der Waals surface area contributed by atoms with E-state index in [9.17, 15) is 4.79 Å². The van der Waals surface area contributed by atoms with E-state index in [1.54, 1.807) is 18.3 Å². The van der Waals surface area contributed by atoms with E-state index in [0.29, 0.717) is 17.7 Å².